The predicted octanol–water partition coefficient (Wildman–Crippen LogP) is 2.96. The molecule has 0 aromatic heterocycles. The first-order valence-corrected chi connectivity index (χ1v) is 5.93. The van der Waals surface area contributed by atoms with Gasteiger partial charge in [-0.3, -0.25) is 4.79 Å². The van der Waals surface area contributed by atoms with Crippen molar-refractivity contribution in [2.75, 3.05) is 18.1 Å². The molecule has 0 rings (SSSR count). The van der Waals surface area contributed by atoms with Gasteiger partial charge in [0.25, 0.3) is 0 Å². The van der Waals surface area contributed by atoms with E-state index >= 15 is 0 Å². The number of hydrogen-bond donors (Lipinski definition) is 1. The average Bonchev–Trinajstić information content (AvgIpc) is 2.01. The van der Waals surface area contributed by atoms with Gasteiger partial charge in [-0.2, -0.15) is 11.8 Å². The Bertz CT molecular complexity index is 176. The van der Waals surface area contributed by atoms with E-state index in [0.717, 1.165) is 0 Å². The van der Waals surface area contributed by atoms with Crippen LogP contribution in [0.15, 0.2) is 0 Å². The second-order valence-electron chi connectivity index (χ2n) is 4.23. The zero-order valence-electron chi connectivity index (χ0n) is 9.37. The molecule has 1 atom stereocenters. The van der Waals surface area contributed by atoms with E-state index in [9.17, 15) is 4.79 Å². The number of carbonyl (C=O) groups is 1. The first kappa shape index (κ1) is 21.1. The van der Waals surface area contributed by atoms with Crippen molar-refractivity contribution in [1.29, 1.82) is 0 Å². The van der Waals surface area contributed by atoms with Gasteiger partial charge >= 0.3 is 5.97 Å². The molecule has 3 nitrogen and oxygen atoms in total. The van der Waals surface area contributed by atoms with E-state index in [1.807, 2.05) is 27.7 Å². The lowest BCUT2D eigenvalue weighted by atomic mass is 10.1. The number of esters is 1. The molecule has 1 N–H and O–H groups in total. The van der Waals surface area contributed by atoms with Gasteiger partial charge in [0.1, 0.15) is 5.60 Å². The van der Waals surface area contributed by atoms with Crippen LogP contribution in [0, 0.1) is 5.92 Å². The second-order valence-corrected chi connectivity index (χ2v) is 5.38. The molecule has 0 aliphatic rings. The number of carbonyl (C=O) groups excluding carboxylic acids is 1. The number of rotatable bonds is 5. The maximum atomic E-state index is 11.5. The van der Waals surface area contributed by atoms with Gasteiger partial charge in [0, 0.05) is 11.5 Å². The SMILES string of the molecule is C.C.CC(CSCCO)C(=O)OC(C)(C)C. The molecular formula is C12H28O3S. The van der Waals surface area contributed by atoms with Crippen molar-refractivity contribution < 1.29 is 14.6 Å². The van der Waals surface area contributed by atoms with Crippen LogP contribution < -0.4 is 0 Å². The molecular weight excluding hydrogens is 224 g/mol. The van der Waals surface area contributed by atoms with E-state index in [2.05, 4.69) is 0 Å². The fourth-order valence-corrected chi connectivity index (χ4v) is 1.58. The molecule has 100 valence electrons. The lowest BCUT2D eigenvalue weighted by Gasteiger charge is -2.22. The smallest absolute Gasteiger partial charge is 0.310 e. The highest BCUT2D eigenvalue weighted by Crippen LogP contribution is 2.14. The monoisotopic (exact) mass is 252 g/mol. The number of thioether (sulfide) groups is 1. The topological polar surface area (TPSA) is 46.5 Å². The molecule has 16 heavy (non-hydrogen) atoms. The van der Waals surface area contributed by atoms with Crippen molar-refractivity contribution >= 4 is 17.7 Å². The first-order valence-electron chi connectivity index (χ1n) is 4.78. The average molecular weight is 252 g/mol. The highest BCUT2D eigenvalue weighted by molar-refractivity contribution is 7.99. The largest absolute Gasteiger partial charge is 0.460 e. The Morgan fingerprint density at radius 2 is 1.88 bits per heavy atom. The van der Waals surface area contributed by atoms with Crippen LogP contribution in [-0.2, 0) is 9.53 Å². The summed E-state index contributed by atoms with van der Waals surface area (Å²) in [4.78, 5) is 11.5. The van der Waals surface area contributed by atoms with Crippen LogP contribution in [0.1, 0.15) is 42.5 Å². The summed E-state index contributed by atoms with van der Waals surface area (Å²) in [5.74, 6) is 1.11. The van der Waals surface area contributed by atoms with Gasteiger partial charge < -0.3 is 9.84 Å². The van der Waals surface area contributed by atoms with Crippen LogP contribution in [0.25, 0.3) is 0 Å². The highest BCUT2D eigenvalue weighted by Gasteiger charge is 2.21. The standard InChI is InChI=1S/C10H20O3S.2CH4/c1-8(7-14-6-5-11)9(12)13-10(2,3)4;;/h8,11H,5-7H2,1-4H3;2*1H4. The van der Waals surface area contributed by atoms with Crippen molar-refractivity contribution in [3.63, 3.8) is 0 Å². The summed E-state index contributed by atoms with van der Waals surface area (Å²) in [5, 5.41) is 8.57. The second kappa shape index (κ2) is 9.97. The van der Waals surface area contributed by atoms with Crippen LogP contribution >= 0.6 is 11.8 Å². The molecule has 0 amide bonds. The van der Waals surface area contributed by atoms with Gasteiger partial charge in [0.05, 0.1) is 12.5 Å². The molecule has 0 aromatic rings. The lowest BCUT2D eigenvalue weighted by Crippen LogP contribution is -2.28. The number of hydrogen-bond acceptors (Lipinski definition) is 4. The number of aliphatic hydroxyl groups excluding tert-OH is 1. The molecule has 0 bridgehead atoms. The third-order valence-electron chi connectivity index (χ3n) is 1.41. The third-order valence-corrected chi connectivity index (χ3v) is 2.62. The van der Waals surface area contributed by atoms with Gasteiger partial charge in [0.2, 0.25) is 0 Å². The zero-order chi connectivity index (χ0) is 11.2. The fraction of sp³-hybridized carbons (Fsp3) is 0.917. The van der Waals surface area contributed by atoms with Crippen LogP contribution in [0.4, 0.5) is 0 Å². The molecule has 0 saturated carbocycles. The molecule has 0 aliphatic heterocycles. The summed E-state index contributed by atoms with van der Waals surface area (Å²) in [5.41, 5.74) is -0.410. The highest BCUT2D eigenvalue weighted by atomic mass is 32.2. The van der Waals surface area contributed by atoms with Crippen LogP contribution in [0.5, 0.6) is 0 Å². The fourth-order valence-electron chi connectivity index (χ4n) is 0.795. The van der Waals surface area contributed by atoms with E-state index in [1.165, 1.54) is 0 Å². The quantitative estimate of drug-likeness (QED) is 0.603. The Balaban J connectivity index is -0.000000845. The minimum absolute atomic E-state index is 0. The Hall–Kier alpha value is -0.220. The Kier molecular flexibility index (Phi) is 13.1. The molecule has 0 aromatic carbocycles. The van der Waals surface area contributed by atoms with Crippen molar-refractivity contribution in [3.8, 4) is 0 Å². The normalized spacial score (nSPS) is 12.1. The van der Waals surface area contributed by atoms with E-state index in [4.69, 9.17) is 9.84 Å². The summed E-state index contributed by atoms with van der Waals surface area (Å²) in [7, 11) is 0. The minimum Gasteiger partial charge on any atom is -0.460 e. The summed E-state index contributed by atoms with van der Waals surface area (Å²) < 4.78 is 5.22. The summed E-state index contributed by atoms with van der Waals surface area (Å²) in [6, 6.07) is 0. The Morgan fingerprint density at radius 1 is 1.38 bits per heavy atom. The van der Waals surface area contributed by atoms with Gasteiger partial charge in [-0.15, -0.1) is 0 Å². The molecule has 4 heteroatoms. The maximum absolute atomic E-state index is 11.5. The molecule has 0 aliphatic carbocycles. The third kappa shape index (κ3) is 11.9. The minimum atomic E-state index is -0.410. The number of ether oxygens (including phenoxy) is 1. The Labute approximate surface area is 105 Å². The number of aliphatic hydroxyl groups is 1. The zero-order valence-corrected chi connectivity index (χ0v) is 10.2. The van der Waals surface area contributed by atoms with E-state index in [-0.39, 0.29) is 33.3 Å². The summed E-state index contributed by atoms with van der Waals surface area (Å²) in [6.07, 6.45) is 0. The molecule has 0 spiro atoms. The van der Waals surface area contributed by atoms with Crippen LogP contribution in [-0.4, -0.2) is 34.8 Å². The molecule has 1 unspecified atom stereocenters. The lowest BCUT2D eigenvalue weighted by molar-refractivity contribution is -0.158. The van der Waals surface area contributed by atoms with Crippen LogP contribution in [0.3, 0.4) is 0 Å². The van der Waals surface area contributed by atoms with Crippen molar-refractivity contribution in [3.05, 3.63) is 0 Å². The summed E-state index contributed by atoms with van der Waals surface area (Å²) >= 11 is 1.56. The van der Waals surface area contributed by atoms with Crippen molar-refractivity contribution in [2.45, 2.75) is 48.1 Å². The molecule has 0 radical (unpaired) electrons. The van der Waals surface area contributed by atoms with Crippen LogP contribution in [0.2, 0.25) is 0 Å². The molecule has 0 heterocycles. The summed E-state index contributed by atoms with van der Waals surface area (Å²) in [6.45, 7) is 7.58. The van der Waals surface area contributed by atoms with E-state index in [0.29, 0.717) is 11.5 Å². The van der Waals surface area contributed by atoms with Crippen molar-refractivity contribution in [1.82, 2.24) is 0 Å². The first-order chi connectivity index (χ1) is 6.37. The van der Waals surface area contributed by atoms with E-state index in [1.54, 1.807) is 11.8 Å². The molecule has 0 fully saturated rings. The van der Waals surface area contributed by atoms with Gasteiger partial charge in [0.15, 0.2) is 0 Å². The maximum Gasteiger partial charge on any atom is 0.310 e. The Morgan fingerprint density at radius 3 is 2.25 bits per heavy atom. The van der Waals surface area contributed by atoms with Crippen molar-refractivity contribution in [2.24, 2.45) is 5.92 Å². The van der Waals surface area contributed by atoms with Gasteiger partial charge in [-0.05, 0) is 20.8 Å². The predicted molar refractivity (Wildman–Crippen MR) is 72.9 cm³/mol. The van der Waals surface area contributed by atoms with Gasteiger partial charge in [-0.1, -0.05) is 21.8 Å². The van der Waals surface area contributed by atoms with Gasteiger partial charge in [-0.25, -0.2) is 0 Å². The van der Waals surface area contributed by atoms with E-state index < -0.39 is 5.60 Å². The molecule has 0 saturated heterocycles.